The number of benzene rings is 1. The highest BCUT2D eigenvalue weighted by atomic mass is 79.9. The summed E-state index contributed by atoms with van der Waals surface area (Å²) in [6.45, 7) is 0.199. The molecule has 6 nitrogen and oxygen atoms in total. The van der Waals surface area contributed by atoms with E-state index in [0.717, 1.165) is 12.8 Å². The Balaban J connectivity index is 1.98. The lowest BCUT2D eigenvalue weighted by Gasteiger charge is -2.11. The second kappa shape index (κ2) is 6.64. The predicted molar refractivity (Wildman–Crippen MR) is 84.5 cm³/mol. The molecule has 1 aromatic rings. The van der Waals surface area contributed by atoms with Gasteiger partial charge in [0, 0.05) is 6.04 Å². The van der Waals surface area contributed by atoms with Gasteiger partial charge in [0.15, 0.2) is 0 Å². The number of amides is 1. The summed E-state index contributed by atoms with van der Waals surface area (Å²) in [6.07, 6.45) is 2.32. The van der Waals surface area contributed by atoms with Crippen LogP contribution in [0, 0.1) is 0 Å². The van der Waals surface area contributed by atoms with Gasteiger partial charge < -0.3 is 10.1 Å². The van der Waals surface area contributed by atoms with Gasteiger partial charge in [-0.1, -0.05) is 0 Å². The van der Waals surface area contributed by atoms with Crippen molar-refractivity contribution in [1.82, 2.24) is 5.32 Å². The maximum absolute atomic E-state index is 11.5. The molecule has 0 bridgehead atoms. The van der Waals surface area contributed by atoms with Crippen molar-refractivity contribution in [1.29, 1.82) is 0 Å². The zero-order chi connectivity index (χ0) is 15.6. The Morgan fingerprint density at radius 2 is 1.90 bits per heavy atom. The van der Waals surface area contributed by atoms with E-state index in [1.807, 2.05) is 0 Å². The minimum Gasteiger partial charge on any atom is -0.491 e. The molecule has 9 heteroatoms. The fourth-order valence-corrected chi connectivity index (χ4v) is 3.89. The number of ether oxygens (including phenoxy) is 1. The Labute approximate surface area is 139 Å². The van der Waals surface area contributed by atoms with E-state index in [-0.39, 0.29) is 23.8 Å². The van der Waals surface area contributed by atoms with Crippen molar-refractivity contribution in [3.8, 4) is 5.75 Å². The predicted octanol–water partition coefficient (Wildman–Crippen LogP) is 1.91. The first-order valence-electron chi connectivity index (χ1n) is 6.21. The molecular weight excluding hydrogens is 428 g/mol. The highest BCUT2D eigenvalue weighted by Crippen LogP contribution is 2.35. The van der Waals surface area contributed by atoms with Crippen molar-refractivity contribution in [2.24, 2.45) is 5.14 Å². The van der Waals surface area contributed by atoms with E-state index in [4.69, 9.17) is 9.88 Å². The highest BCUT2D eigenvalue weighted by molar-refractivity contribution is 9.11. The summed E-state index contributed by atoms with van der Waals surface area (Å²) in [5.74, 6) is 0.382. The van der Waals surface area contributed by atoms with Gasteiger partial charge in [-0.3, -0.25) is 4.79 Å². The van der Waals surface area contributed by atoms with Gasteiger partial charge in [-0.05, 0) is 56.8 Å². The zero-order valence-corrected chi connectivity index (χ0v) is 14.9. The number of carbonyl (C=O) groups excluding carboxylic acids is 1. The lowest BCUT2D eigenvalue weighted by molar-refractivity contribution is -0.121. The molecule has 0 unspecified atom stereocenters. The minimum atomic E-state index is -3.78. The molecule has 0 atom stereocenters. The Bertz CT molecular complexity index is 636. The number of hydrogen-bond acceptors (Lipinski definition) is 4. The smallest absolute Gasteiger partial charge is 0.238 e. The van der Waals surface area contributed by atoms with Crippen LogP contribution in [0.3, 0.4) is 0 Å². The highest BCUT2D eigenvalue weighted by Gasteiger charge is 2.23. The number of sulfonamides is 1. The van der Waals surface area contributed by atoms with E-state index in [9.17, 15) is 13.2 Å². The van der Waals surface area contributed by atoms with Gasteiger partial charge >= 0.3 is 0 Å². The molecule has 1 aliphatic rings. The third kappa shape index (κ3) is 4.94. The van der Waals surface area contributed by atoms with Crippen LogP contribution in [0.1, 0.15) is 19.3 Å². The van der Waals surface area contributed by atoms with Gasteiger partial charge in [-0.15, -0.1) is 0 Å². The van der Waals surface area contributed by atoms with Crippen molar-refractivity contribution < 1.29 is 17.9 Å². The molecule has 3 N–H and O–H groups in total. The third-order valence-electron chi connectivity index (χ3n) is 2.82. The molecule has 1 aliphatic carbocycles. The molecule has 0 aromatic heterocycles. The van der Waals surface area contributed by atoms with Gasteiger partial charge in [0.1, 0.15) is 5.75 Å². The standard InChI is InChI=1S/C12H14Br2N2O4S/c13-9-5-8(21(15,18)19)6-10(14)12(9)20-4-3-11(17)16-7-1-2-7/h5-7H,1-4H2,(H,16,17)(H2,15,18,19). The van der Waals surface area contributed by atoms with Crippen LogP contribution in [0.15, 0.2) is 26.0 Å². The van der Waals surface area contributed by atoms with Crippen molar-refractivity contribution in [3.05, 3.63) is 21.1 Å². The average Bonchev–Trinajstić information content (AvgIpc) is 3.15. The topological polar surface area (TPSA) is 98.5 Å². The van der Waals surface area contributed by atoms with E-state index >= 15 is 0 Å². The van der Waals surface area contributed by atoms with Gasteiger partial charge in [-0.2, -0.15) is 0 Å². The lowest BCUT2D eigenvalue weighted by Crippen LogP contribution is -2.26. The fraction of sp³-hybridized carbons (Fsp3) is 0.417. The number of primary sulfonamides is 1. The first-order chi connectivity index (χ1) is 9.77. The molecule has 1 fully saturated rings. The number of rotatable bonds is 6. The summed E-state index contributed by atoms with van der Waals surface area (Å²) in [4.78, 5) is 11.5. The Morgan fingerprint density at radius 3 is 2.38 bits per heavy atom. The Hall–Kier alpha value is -0.640. The minimum absolute atomic E-state index is 0.0277. The first-order valence-corrected chi connectivity index (χ1v) is 9.34. The summed E-state index contributed by atoms with van der Waals surface area (Å²) in [7, 11) is -3.78. The van der Waals surface area contributed by atoms with E-state index in [1.54, 1.807) is 0 Å². The van der Waals surface area contributed by atoms with E-state index in [2.05, 4.69) is 37.2 Å². The van der Waals surface area contributed by atoms with Crippen LogP contribution < -0.4 is 15.2 Å². The van der Waals surface area contributed by atoms with Crippen LogP contribution in [0.2, 0.25) is 0 Å². The normalized spacial score (nSPS) is 14.8. The van der Waals surface area contributed by atoms with Crippen LogP contribution in [-0.4, -0.2) is 27.0 Å². The molecule has 0 saturated heterocycles. The summed E-state index contributed by atoms with van der Waals surface area (Å²) in [5, 5.41) is 7.93. The zero-order valence-electron chi connectivity index (χ0n) is 10.9. The average molecular weight is 442 g/mol. The van der Waals surface area contributed by atoms with Crippen molar-refractivity contribution in [3.63, 3.8) is 0 Å². The van der Waals surface area contributed by atoms with Gasteiger partial charge in [-0.25, -0.2) is 13.6 Å². The largest absolute Gasteiger partial charge is 0.491 e. The van der Waals surface area contributed by atoms with Gasteiger partial charge in [0.2, 0.25) is 15.9 Å². The first kappa shape index (κ1) is 16.7. The summed E-state index contributed by atoms with van der Waals surface area (Å²) < 4.78 is 29.0. The molecule has 2 rings (SSSR count). The molecule has 21 heavy (non-hydrogen) atoms. The molecule has 0 radical (unpaired) electrons. The molecule has 0 aliphatic heterocycles. The number of halogens is 2. The molecule has 0 heterocycles. The molecule has 1 amide bonds. The van der Waals surface area contributed by atoms with Gasteiger partial charge in [0.05, 0.1) is 26.9 Å². The summed E-state index contributed by atoms with van der Waals surface area (Å²) in [5.41, 5.74) is 0. The maximum Gasteiger partial charge on any atom is 0.238 e. The van der Waals surface area contributed by atoms with Crippen LogP contribution >= 0.6 is 31.9 Å². The van der Waals surface area contributed by atoms with Gasteiger partial charge in [0.25, 0.3) is 0 Å². The van der Waals surface area contributed by atoms with Crippen LogP contribution in [-0.2, 0) is 14.8 Å². The lowest BCUT2D eigenvalue weighted by atomic mass is 10.3. The molecule has 1 aromatic carbocycles. The Morgan fingerprint density at radius 1 is 1.33 bits per heavy atom. The number of nitrogens with one attached hydrogen (secondary N) is 1. The van der Waals surface area contributed by atoms with Crippen LogP contribution in [0.25, 0.3) is 0 Å². The summed E-state index contributed by atoms with van der Waals surface area (Å²) in [6, 6.07) is 3.05. The van der Waals surface area contributed by atoms with E-state index in [0.29, 0.717) is 20.7 Å². The molecular formula is C12H14Br2N2O4S. The van der Waals surface area contributed by atoms with E-state index < -0.39 is 10.0 Å². The molecule has 1 saturated carbocycles. The van der Waals surface area contributed by atoms with Crippen LogP contribution in [0.4, 0.5) is 0 Å². The second-order valence-corrected chi connectivity index (χ2v) is 7.97. The van der Waals surface area contributed by atoms with Crippen molar-refractivity contribution >= 4 is 47.8 Å². The number of hydrogen-bond donors (Lipinski definition) is 2. The summed E-state index contributed by atoms with van der Waals surface area (Å²) >= 11 is 6.46. The second-order valence-electron chi connectivity index (χ2n) is 4.70. The fourth-order valence-electron chi connectivity index (χ4n) is 1.61. The molecule has 0 spiro atoms. The number of carbonyl (C=O) groups is 1. The number of nitrogens with two attached hydrogens (primary N) is 1. The van der Waals surface area contributed by atoms with Crippen LogP contribution in [0.5, 0.6) is 5.75 Å². The quantitative estimate of drug-likeness (QED) is 0.704. The Kier molecular flexibility index (Phi) is 5.29. The third-order valence-corrected chi connectivity index (χ3v) is 4.89. The molecule has 116 valence electrons. The van der Waals surface area contributed by atoms with Crippen molar-refractivity contribution in [2.75, 3.05) is 6.61 Å². The SMILES string of the molecule is NS(=O)(=O)c1cc(Br)c(OCCC(=O)NC2CC2)c(Br)c1. The van der Waals surface area contributed by atoms with E-state index in [1.165, 1.54) is 12.1 Å². The maximum atomic E-state index is 11.5. The van der Waals surface area contributed by atoms with Crippen molar-refractivity contribution in [2.45, 2.75) is 30.2 Å². The monoisotopic (exact) mass is 440 g/mol.